The van der Waals surface area contributed by atoms with Gasteiger partial charge in [-0.1, -0.05) is 19.0 Å². The highest BCUT2D eigenvalue weighted by Gasteiger charge is 2.26. The molecule has 0 bridgehead atoms. The summed E-state index contributed by atoms with van der Waals surface area (Å²) in [6.45, 7) is 5.98. The molecule has 1 aliphatic heterocycles. The van der Waals surface area contributed by atoms with E-state index in [0.717, 1.165) is 31.4 Å². The minimum atomic E-state index is -0.481. The van der Waals surface area contributed by atoms with Crippen LogP contribution in [0.2, 0.25) is 0 Å². The van der Waals surface area contributed by atoms with Crippen LogP contribution in [0, 0.1) is 5.92 Å². The van der Waals surface area contributed by atoms with Crippen LogP contribution < -0.4 is 11.1 Å². The molecule has 1 saturated heterocycles. The second-order valence-corrected chi connectivity index (χ2v) is 5.92. The lowest BCUT2D eigenvalue weighted by atomic mass is 9.92. The van der Waals surface area contributed by atoms with Crippen molar-refractivity contribution in [3.8, 4) is 0 Å². The molecule has 6 nitrogen and oxygen atoms in total. The highest BCUT2D eigenvalue weighted by atomic mass is 16.5. The van der Waals surface area contributed by atoms with Crippen LogP contribution in [0.25, 0.3) is 0 Å². The monoisotopic (exact) mass is 309 g/mol. The number of nitrogens with zero attached hydrogens (tertiary/aromatic N) is 1. The summed E-state index contributed by atoms with van der Waals surface area (Å²) in [5.74, 6) is 1.16. The summed E-state index contributed by atoms with van der Waals surface area (Å²) in [6, 6.07) is 1.45. The average molecular weight is 309 g/mol. The Hall–Kier alpha value is -1.40. The quantitative estimate of drug-likeness (QED) is 0.803. The molecule has 124 valence electrons. The van der Waals surface area contributed by atoms with Crippen LogP contribution in [0.4, 0.5) is 0 Å². The molecule has 1 unspecified atom stereocenters. The van der Waals surface area contributed by atoms with Gasteiger partial charge in [-0.15, -0.1) is 0 Å². The number of carbonyl (C=O) groups is 1. The second-order valence-electron chi connectivity index (χ2n) is 5.92. The number of nitrogens with two attached hydrogens (primary N) is 1. The summed E-state index contributed by atoms with van der Waals surface area (Å²) in [7, 11) is 0. The van der Waals surface area contributed by atoms with Crippen molar-refractivity contribution in [1.29, 1.82) is 0 Å². The summed E-state index contributed by atoms with van der Waals surface area (Å²) < 4.78 is 10.6. The molecule has 1 aromatic heterocycles. The van der Waals surface area contributed by atoms with Gasteiger partial charge in [0.15, 0.2) is 5.76 Å². The van der Waals surface area contributed by atoms with E-state index < -0.39 is 6.04 Å². The zero-order chi connectivity index (χ0) is 15.9. The van der Waals surface area contributed by atoms with Crippen molar-refractivity contribution >= 4 is 5.91 Å². The normalized spacial score (nSPS) is 17.6. The highest BCUT2D eigenvalue weighted by Crippen LogP contribution is 2.22. The first-order valence-electron chi connectivity index (χ1n) is 8.22. The first kappa shape index (κ1) is 17.0. The minimum Gasteiger partial charge on any atom is -0.381 e. The van der Waals surface area contributed by atoms with E-state index in [0.29, 0.717) is 31.4 Å². The minimum absolute atomic E-state index is 0.132. The van der Waals surface area contributed by atoms with E-state index in [9.17, 15) is 4.79 Å². The number of carbonyl (C=O) groups excluding carboxylic acids is 1. The van der Waals surface area contributed by atoms with Gasteiger partial charge in [0.1, 0.15) is 0 Å². The topological polar surface area (TPSA) is 90.4 Å². The summed E-state index contributed by atoms with van der Waals surface area (Å²) in [4.78, 5) is 12.1. The molecule has 0 aromatic carbocycles. The SMILES string of the molecule is CCC(CC)c1cc(CNC(=O)C(N)C2CCOCC2)on1. The number of amides is 1. The van der Waals surface area contributed by atoms with Gasteiger partial charge in [-0.2, -0.15) is 0 Å². The molecule has 2 heterocycles. The van der Waals surface area contributed by atoms with Crippen molar-refractivity contribution in [3.63, 3.8) is 0 Å². The van der Waals surface area contributed by atoms with E-state index in [1.54, 1.807) is 0 Å². The Balaban J connectivity index is 1.83. The van der Waals surface area contributed by atoms with Gasteiger partial charge in [0.2, 0.25) is 5.91 Å². The zero-order valence-electron chi connectivity index (χ0n) is 13.5. The molecule has 1 aliphatic rings. The number of hydrogen-bond donors (Lipinski definition) is 2. The fraction of sp³-hybridized carbons (Fsp3) is 0.750. The number of ether oxygens (including phenoxy) is 1. The number of nitrogens with one attached hydrogen (secondary N) is 1. The van der Waals surface area contributed by atoms with E-state index in [1.807, 2.05) is 6.07 Å². The maximum Gasteiger partial charge on any atom is 0.237 e. The highest BCUT2D eigenvalue weighted by molar-refractivity contribution is 5.81. The van der Waals surface area contributed by atoms with Crippen LogP contribution in [-0.2, 0) is 16.1 Å². The van der Waals surface area contributed by atoms with Crippen LogP contribution in [0.1, 0.15) is 56.9 Å². The standard InChI is InChI=1S/C16H27N3O3/c1-3-11(4-2)14-9-13(22-19-14)10-18-16(20)15(17)12-5-7-21-8-6-12/h9,11-12,15H,3-8,10,17H2,1-2H3,(H,18,20). The van der Waals surface area contributed by atoms with Crippen molar-refractivity contribution < 1.29 is 14.1 Å². The fourth-order valence-corrected chi connectivity index (χ4v) is 2.89. The van der Waals surface area contributed by atoms with Gasteiger partial charge in [-0.05, 0) is 31.6 Å². The molecule has 1 fully saturated rings. The predicted molar refractivity (Wildman–Crippen MR) is 83.2 cm³/mol. The van der Waals surface area contributed by atoms with E-state index in [4.69, 9.17) is 15.0 Å². The van der Waals surface area contributed by atoms with Gasteiger partial charge < -0.3 is 20.3 Å². The van der Waals surface area contributed by atoms with Crippen LogP contribution in [0.5, 0.6) is 0 Å². The third-order valence-electron chi connectivity index (χ3n) is 4.49. The van der Waals surface area contributed by atoms with Crippen LogP contribution in [-0.4, -0.2) is 30.3 Å². The summed E-state index contributed by atoms with van der Waals surface area (Å²) in [5.41, 5.74) is 7.00. The van der Waals surface area contributed by atoms with Crippen molar-refractivity contribution in [3.05, 3.63) is 17.5 Å². The lowest BCUT2D eigenvalue weighted by Gasteiger charge is -2.26. The van der Waals surface area contributed by atoms with E-state index in [-0.39, 0.29) is 11.8 Å². The van der Waals surface area contributed by atoms with Gasteiger partial charge in [0, 0.05) is 25.2 Å². The molecule has 1 amide bonds. The van der Waals surface area contributed by atoms with E-state index >= 15 is 0 Å². The molecule has 2 rings (SSSR count). The summed E-state index contributed by atoms with van der Waals surface area (Å²) >= 11 is 0. The van der Waals surface area contributed by atoms with E-state index in [2.05, 4.69) is 24.3 Å². The molecular weight excluding hydrogens is 282 g/mol. The van der Waals surface area contributed by atoms with E-state index in [1.165, 1.54) is 0 Å². The Morgan fingerprint density at radius 2 is 2.09 bits per heavy atom. The predicted octanol–water partition coefficient (Wildman–Crippen LogP) is 1.95. The van der Waals surface area contributed by atoms with Crippen molar-refractivity contribution in [2.24, 2.45) is 11.7 Å². The Morgan fingerprint density at radius 1 is 1.41 bits per heavy atom. The van der Waals surface area contributed by atoms with Gasteiger partial charge >= 0.3 is 0 Å². The second kappa shape index (κ2) is 8.29. The van der Waals surface area contributed by atoms with Crippen LogP contribution >= 0.6 is 0 Å². The zero-order valence-corrected chi connectivity index (χ0v) is 13.5. The Morgan fingerprint density at radius 3 is 2.73 bits per heavy atom. The third-order valence-corrected chi connectivity index (χ3v) is 4.49. The van der Waals surface area contributed by atoms with Crippen molar-refractivity contribution in [2.45, 2.75) is 58.0 Å². The maximum atomic E-state index is 12.1. The number of aromatic nitrogens is 1. The van der Waals surface area contributed by atoms with Gasteiger partial charge in [-0.3, -0.25) is 4.79 Å². The molecule has 0 aliphatic carbocycles. The Labute approximate surface area is 131 Å². The lowest BCUT2D eigenvalue weighted by molar-refractivity contribution is -0.124. The molecule has 3 N–H and O–H groups in total. The van der Waals surface area contributed by atoms with Crippen LogP contribution in [0.3, 0.4) is 0 Å². The third kappa shape index (κ3) is 4.30. The number of rotatable bonds is 7. The largest absolute Gasteiger partial charge is 0.381 e. The number of hydrogen-bond acceptors (Lipinski definition) is 5. The van der Waals surface area contributed by atoms with Gasteiger partial charge in [0.05, 0.1) is 18.3 Å². The Kier molecular flexibility index (Phi) is 6.39. The Bertz CT molecular complexity index is 465. The molecule has 0 saturated carbocycles. The van der Waals surface area contributed by atoms with Gasteiger partial charge in [0.25, 0.3) is 0 Å². The smallest absolute Gasteiger partial charge is 0.237 e. The average Bonchev–Trinajstić information content (AvgIpc) is 3.02. The summed E-state index contributed by atoms with van der Waals surface area (Å²) in [6.07, 6.45) is 3.75. The molecule has 6 heteroatoms. The maximum absolute atomic E-state index is 12.1. The molecule has 1 atom stereocenters. The molecule has 0 spiro atoms. The molecule has 22 heavy (non-hydrogen) atoms. The molecule has 0 radical (unpaired) electrons. The fourth-order valence-electron chi connectivity index (χ4n) is 2.89. The van der Waals surface area contributed by atoms with Crippen LogP contribution in [0.15, 0.2) is 10.6 Å². The van der Waals surface area contributed by atoms with Crippen molar-refractivity contribution in [2.75, 3.05) is 13.2 Å². The summed E-state index contributed by atoms with van der Waals surface area (Å²) in [5, 5.41) is 6.94. The lowest BCUT2D eigenvalue weighted by Crippen LogP contribution is -2.46. The van der Waals surface area contributed by atoms with Gasteiger partial charge in [-0.25, -0.2) is 0 Å². The molecular formula is C16H27N3O3. The first-order chi connectivity index (χ1) is 10.7. The van der Waals surface area contributed by atoms with Crippen molar-refractivity contribution in [1.82, 2.24) is 10.5 Å². The molecule has 1 aromatic rings. The first-order valence-corrected chi connectivity index (χ1v) is 8.22.